The number of aryl methyl sites for hydroxylation is 3. The van der Waals surface area contributed by atoms with Gasteiger partial charge in [0.2, 0.25) is 5.91 Å². The van der Waals surface area contributed by atoms with Gasteiger partial charge in [-0.2, -0.15) is 0 Å². The number of hydrogen-bond donors (Lipinski definition) is 1. The number of rotatable bonds is 5. The molecule has 0 bridgehead atoms. The van der Waals surface area contributed by atoms with E-state index in [1.54, 1.807) is 4.57 Å². The fraction of sp³-hybridized carbons (Fsp3) is 0.286. The van der Waals surface area contributed by atoms with Gasteiger partial charge in [-0.1, -0.05) is 29.8 Å². The summed E-state index contributed by atoms with van der Waals surface area (Å²) in [5.74, 6) is 2.32. The second-order valence-corrected chi connectivity index (χ2v) is 8.63. The zero-order valence-corrected chi connectivity index (χ0v) is 17.9. The molecule has 1 N–H and O–H groups in total. The van der Waals surface area contributed by atoms with Crippen LogP contribution in [0.3, 0.4) is 0 Å². The van der Waals surface area contributed by atoms with Crippen molar-refractivity contribution >= 4 is 39.2 Å². The molecule has 0 unspecified atom stereocenters. The third-order valence-electron chi connectivity index (χ3n) is 4.71. The van der Waals surface area contributed by atoms with Crippen LogP contribution in [-0.2, 0) is 4.79 Å². The summed E-state index contributed by atoms with van der Waals surface area (Å²) in [5, 5.41) is 3.79. The van der Waals surface area contributed by atoms with Gasteiger partial charge in [0.15, 0.2) is 5.16 Å². The molecule has 0 atom stereocenters. The topological polar surface area (TPSA) is 64.0 Å². The molecule has 0 saturated carbocycles. The highest BCUT2D eigenvalue weighted by Gasteiger charge is 2.20. The first-order valence-electron chi connectivity index (χ1n) is 8.77. The first-order valence-corrected chi connectivity index (χ1v) is 10.6. The van der Waals surface area contributed by atoms with Crippen molar-refractivity contribution < 1.29 is 4.79 Å². The number of benzene rings is 1. The van der Waals surface area contributed by atoms with Crippen LogP contribution in [0, 0.1) is 40.0 Å². The van der Waals surface area contributed by atoms with E-state index in [9.17, 15) is 9.59 Å². The Kier molecular flexibility index (Phi) is 5.92. The summed E-state index contributed by atoms with van der Waals surface area (Å²) in [6, 6.07) is 5.85. The predicted octanol–water partition coefficient (Wildman–Crippen LogP) is 3.52. The molecule has 3 rings (SSSR count). The molecule has 0 radical (unpaired) electrons. The molecule has 144 valence electrons. The fourth-order valence-electron chi connectivity index (χ4n) is 2.89. The highest BCUT2D eigenvalue weighted by molar-refractivity contribution is 7.99. The van der Waals surface area contributed by atoms with E-state index >= 15 is 0 Å². The smallest absolute Gasteiger partial charge is 0.267 e. The number of aromatic nitrogens is 2. The number of fused-ring (bicyclic) bond motifs is 1. The number of thiophene rings is 1. The summed E-state index contributed by atoms with van der Waals surface area (Å²) in [6.07, 6.45) is 5.19. The number of nitrogens with zero attached hydrogens (tertiary/aromatic N) is 2. The lowest BCUT2D eigenvalue weighted by Crippen LogP contribution is -2.27. The first-order chi connectivity index (χ1) is 13.3. The maximum atomic E-state index is 13.5. The van der Waals surface area contributed by atoms with Crippen LogP contribution < -0.4 is 10.9 Å². The predicted molar refractivity (Wildman–Crippen MR) is 117 cm³/mol. The molecule has 0 aliphatic rings. The van der Waals surface area contributed by atoms with Gasteiger partial charge in [0.1, 0.15) is 4.83 Å². The average molecular weight is 412 g/mol. The minimum absolute atomic E-state index is 0.105. The number of hydrogen-bond acceptors (Lipinski definition) is 5. The highest BCUT2D eigenvalue weighted by atomic mass is 32.2. The zero-order valence-electron chi connectivity index (χ0n) is 16.3. The molecule has 2 aromatic heterocycles. The van der Waals surface area contributed by atoms with E-state index < -0.39 is 0 Å². The van der Waals surface area contributed by atoms with E-state index in [-0.39, 0.29) is 23.8 Å². The number of terminal acetylenes is 1. The van der Waals surface area contributed by atoms with Crippen molar-refractivity contribution in [1.29, 1.82) is 0 Å². The quantitative estimate of drug-likeness (QED) is 0.396. The van der Waals surface area contributed by atoms with Gasteiger partial charge in [-0.25, -0.2) is 4.98 Å². The minimum Gasteiger partial charge on any atom is -0.344 e. The minimum atomic E-state index is -0.191. The SMILES string of the molecule is C#CCNC(=O)CSc1nc2sc(C)c(C)c2c(=O)n1-c1cccc(C)c1C. The van der Waals surface area contributed by atoms with Crippen LogP contribution in [0.15, 0.2) is 28.2 Å². The van der Waals surface area contributed by atoms with Gasteiger partial charge in [-0.05, 0) is 50.5 Å². The molecule has 3 aromatic rings. The number of carbonyl (C=O) groups excluding carboxylic acids is 1. The molecule has 28 heavy (non-hydrogen) atoms. The molecule has 0 spiro atoms. The van der Waals surface area contributed by atoms with Crippen molar-refractivity contribution in [2.45, 2.75) is 32.9 Å². The van der Waals surface area contributed by atoms with Gasteiger partial charge in [-0.15, -0.1) is 17.8 Å². The molecule has 1 amide bonds. The van der Waals surface area contributed by atoms with Crippen LogP contribution >= 0.6 is 23.1 Å². The van der Waals surface area contributed by atoms with Crippen molar-refractivity contribution in [2.75, 3.05) is 12.3 Å². The largest absolute Gasteiger partial charge is 0.344 e. The maximum Gasteiger partial charge on any atom is 0.267 e. The van der Waals surface area contributed by atoms with Crippen LogP contribution in [0.1, 0.15) is 21.6 Å². The normalized spacial score (nSPS) is 10.8. The second-order valence-electron chi connectivity index (χ2n) is 6.49. The van der Waals surface area contributed by atoms with E-state index in [4.69, 9.17) is 11.4 Å². The van der Waals surface area contributed by atoms with Crippen molar-refractivity contribution in [2.24, 2.45) is 0 Å². The van der Waals surface area contributed by atoms with Crippen LogP contribution in [0.5, 0.6) is 0 Å². The monoisotopic (exact) mass is 411 g/mol. The Morgan fingerprint density at radius 2 is 2.04 bits per heavy atom. The summed E-state index contributed by atoms with van der Waals surface area (Å²) in [4.78, 5) is 32.0. The summed E-state index contributed by atoms with van der Waals surface area (Å²) >= 11 is 2.74. The average Bonchev–Trinajstić information content (AvgIpc) is 2.95. The fourth-order valence-corrected chi connectivity index (χ4v) is 4.80. The highest BCUT2D eigenvalue weighted by Crippen LogP contribution is 2.30. The van der Waals surface area contributed by atoms with Gasteiger partial charge in [0.05, 0.1) is 23.4 Å². The molecule has 0 aliphatic carbocycles. The van der Waals surface area contributed by atoms with Gasteiger partial charge in [-0.3, -0.25) is 14.2 Å². The first kappa shape index (κ1) is 20.2. The molecular formula is C21H21N3O2S2. The summed E-state index contributed by atoms with van der Waals surface area (Å²) < 4.78 is 1.63. The molecule has 0 saturated heterocycles. The second kappa shape index (κ2) is 8.21. The Morgan fingerprint density at radius 3 is 2.75 bits per heavy atom. The lowest BCUT2D eigenvalue weighted by atomic mass is 10.1. The Labute approximate surface area is 172 Å². The van der Waals surface area contributed by atoms with E-state index in [1.807, 2.05) is 45.9 Å². The van der Waals surface area contributed by atoms with Crippen molar-refractivity contribution in [3.05, 3.63) is 50.1 Å². The number of nitrogens with one attached hydrogen (secondary N) is 1. The molecule has 0 aliphatic heterocycles. The van der Waals surface area contributed by atoms with Gasteiger partial charge in [0.25, 0.3) is 5.56 Å². The van der Waals surface area contributed by atoms with Gasteiger partial charge in [0, 0.05) is 4.88 Å². The van der Waals surface area contributed by atoms with E-state index in [2.05, 4.69) is 11.2 Å². The molecule has 0 fully saturated rings. The Morgan fingerprint density at radius 1 is 1.29 bits per heavy atom. The van der Waals surface area contributed by atoms with Gasteiger partial charge >= 0.3 is 0 Å². The summed E-state index contributed by atoms with van der Waals surface area (Å²) in [7, 11) is 0. The lowest BCUT2D eigenvalue weighted by Gasteiger charge is -2.15. The molecule has 1 aromatic carbocycles. The number of amides is 1. The van der Waals surface area contributed by atoms with E-state index in [0.717, 1.165) is 27.3 Å². The van der Waals surface area contributed by atoms with Crippen molar-refractivity contribution in [3.63, 3.8) is 0 Å². The third kappa shape index (κ3) is 3.71. The molecule has 7 heteroatoms. The Bertz CT molecular complexity index is 1170. The number of carbonyl (C=O) groups is 1. The van der Waals surface area contributed by atoms with Crippen LogP contribution in [0.4, 0.5) is 0 Å². The molecular weight excluding hydrogens is 390 g/mol. The molecule has 5 nitrogen and oxygen atoms in total. The van der Waals surface area contributed by atoms with Crippen LogP contribution in [0.2, 0.25) is 0 Å². The number of thioether (sulfide) groups is 1. The van der Waals surface area contributed by atoms with Crippen molar-refractivity contribution in [3.8, 4) is 18.0 Å². The lowest BCUT2D eigenvalue weighted by molar-refractivity contribution is -0.118. The van der Waals surface area contributed by atoms with Crippen molar-refractivity contribution in [1.82, 2.24) is 14.9 Å². The van der Waals surface area contributed by atoms with Crippen LogP contribution in [0.25, 0.3) is 15.9 Å². The summed E-state index contributed by atoms with van der Waals surface area (Å²) in [5.41, 5.74) is 3.74. The molecule has 2 heterocycles. The van der Waals surface area contributed by atoms with E-state index in [1.165, 1.54) is 23.1 Å². The van der Waals surface area contributed by atoms with Gasteiger partial charge < -0.3 is 5.32 Å². The zero-order chi connectivity index (χ0) is 20.4. The van der Waals surface area contributed by atoms with E-state index in [0.29, 0.717) is 15.4 Å². The Hall–Kier alpha value is -2.56. The Balaban J connectivity index is 2.18. The van der Waals surface area contributed by atoms with Crippen LogP contribution in [-0.4, -0.2) is 27.8 Å². The maximum absolute atomic E-state index is 13.5. The summed E-state index contributed by atoms with van der Waals surface area (Å²) in [6.45, 7) is 8.12. The standard InChI is InChI=1S/C21H21N3O2S2/c1-6-10-22-17(25)11-27-21-23-19-18(14(4)15(5)28-19)20(26)24(21)16-9-7-8-12(2)13(16)3/h1,7-9H,10-11H2,2-5H3,(H,22,25). The third-order valence-corrected chi connectivity index (χ3v) is 6.75.